The van der Waals surface area contributed by atoms with Crippen molar-refractivity contribution in [3.63, 3.8) is 0 Å². The van der Waals surface area contributed by atoms with Crippen LogP contribution in [-0.4, -0.2) is 30.7 Å². The van der Waals surface area contributed by atoms with Gasteiger partial charge in [0.15, 0.2) is 0 Å². The van der Waals surface area contributed by atoms with Gasteiger partial charge in [0, 0.05) is 0 Å². The third kappa shape index (κ3) is 43.7. The first-order valence-electron chi connectivity index (χ1n) is 5.65. The number of hydrogen-bond donors (Lipinski definition) is 2. The van der Waals surface area contributed by atoms with Gasteiger partial charge in [-0.25, -0.2) is 4.89 Å². The molecule has 0 unspecified atom stereocenters. The van der Waals surface area contributed by atoms with E-state index in [1.54, 1.807) is 0 Å². The Hall–Kier alpha value is 0.790. The fourth-order valence-corrected chi connectivity index (χ4v) is 1.06. The number of hydrogen-bond acceptors (Lipinski definition) is 4. The minimum atomic E-state index is -4.67. The van der Waals surface area contributed by atoms with Crippen LogP contribution in [-0.2, 0) is 20.2 Å². The molecule has 0 saturated carbocycles. The molecule has 18 heavy (non-hydrogen) atoms. The summed E-state index contributed by atoms with van der Waals surface area (Å²) in [6, 6.07) is 0. The Bertz CT molecular complexity index is 215. The first-order chi connectivity index (χ1) is 7.91. The van der Waals surface area contributed by atoms with Gasteiger partial charge in [0.2, 0.25) is 0 Å². The Labute approximate surface area is 132 Å². The molecule has 0 radical (unpaired) electrons. The van der Waals surface area contributed by atoms with Crippen molar-refractivity contribution in [2.75, 3.05) is 13.2 Å². The Kier molecular flexibility index (Phi) is 23.6. The molecular weight excluding hydrogens is 271 g/mol. The average Bonchev–Trinajstić information content (AvgIpc) is 2.20. The van der Waals surface area contributed by atoms with E-state index in [4.69, 9.17) is 22.4 Å². The molecule has 106 valence electrons. The van der Waals surface area contributed by atoms with Gasteiger partial charge in [0.05, 0.1) is 6.61 Å². The molecule has 0 heterocycles. The second-order valence-electron chi connectivity index (χ2n) is 3.36. The van der Waals surface area contributed by atoms with Crippen molar-refractivity contribution in [2.45, 2.75) is 45.4 Å². The molecular formula is C10H23NaO6S. The molecule has 0 amide bonds. The third-order valence-corrected chi connectivity index (χ3v) is 1.75. The molecule has 2 N–H and O–H groups in total. The molecule has 0 atom stereocenters. The van der Waals surface area contributed by atoms with E-state index in [0.29, 0.717) is 13.2 Å². The van der Waals surface area contributed by atoms with Gasteiger partial charge in [-0.1, -0.05) is 39.0 Å². The normalized spacial score (nSPS) is 10.2. The van der Waals surface area contributed by atoms with Crippen LogP contribution in [0.15, 0.2) is 0 Å². The summed E-state index contributed by atoms with van der Waals surface area (Å²) in [5, 5.41) is 0. The summed E-state index contributed by atoms with van der Waals surface area (Å²) >= 11 is 0. The van der Waals surface area contributed by atoms with Crippen LogP contribution in [0.2, 0.25) is 0 Å². The van der Waals surface area contributed by atoms with Gasteiger partial charge in [-0.15, -0.1) is 0 Å². The van der Waals surface area contributed by atoms with Gasteiger partial charge in [0.25, 0.3) is 0 Å². The molecule has 6 nitrogen and oxygen atoms in total. The molecule has 0 bridgehead atoms. The van der Waals surface area contributed by atoms with Crippen LogP contribution < -0.4 is 29.6 Å². The maximum absolute atomic E-state index is 8.74. The van der Waals surface area contributed by atoms with E-state index in [-0.39, 0.29) is 29.6 Å². The Balaban J connectivity index is -0.000000321. The summed E-state index contributed by atoms with van der Waals surface area (Å²) in [7, 11) is -4.67. The number of unbranched alkanes of at least 4 members (excludes halogenated alkanes) is 5. The van der Waals surface area contributed by atoms with Crippen molar-refractivity contribution in [3.05, 3.63) is 6.92 Å². The van der Waals surface area contributed by atoms with E-state index in [1.807, 2.05) is 0 Å². The van der Waals surface area contributed by atoms with Crippen molar-refractivity contribution in [2.24, 2.45) is 0 Å². The van der Waals surface area contributed by atoms with Gasteiger partial charge < -0.3 is 6.92 Å². The summed E-state index contributed by atoms with van der Waals surface area (Å²) in [4.78, 5) is 9.48. The second-order valence-corrected chi connectivity index (χ2v) is 4.26. The molecule has 0 aromatic rings. The van der Waals surface area contributed by atoms with E-state index in [0.717, 1.165) is 6.42 Å². The maximum atomic E-state index is 8.74. The van der Waals surface area contributed by atoms with Crippen LogP contribution >= 0.6 is 0 Å². The average molecular weight is 294 g/mol. The topological polar surface area (TPSA) is 93.1 Å². The van der Waals surface area contributed by atoms with E-state index < -0.39 is 10.4 Å². The quantitative estimate of drug-likeness (QED) is 0.148. The van der Waals surface area contributed by atoms with Gasteiger partial charge in [0.1, 0.15) is 0 Å². The monoisotopic (exact) mass is 294 g/mol. The van der Waals surface area contributed by atoms with Crippen LogP contribution in [0.3, 0.4) is 0 Å². The minimum Gasteiger partial charge on any atom is -0.315 e. The molecule has 0 fully saturated rings. The van der Waals surface area contributed by atoms with Crippen LogP contribution in [0.25, 0.3) is 0 Å². The van der Waals surface area contributed by atoms with Crippen molar-refractivity contribution in [1.82, 2.24) is 0 Å². The molecule has 0 rings (SSSR count). The zero-order valence-corrected chi connectivity index (χ0v) is 14.1. The smallest absolute Gasteiger partial charge is 0.315 e. The Morgan fingerprint density at radius 1 is 1.00 bits per heavy atom. The van der Waals surface area contributed by atoms with Gasteiger partial charge >= 0.3 is 40.0 Å². The zero-order chi connectivity index (χ0) is 13.6. The van der Waals surface area contributed by atoms with Crippen molar-refractivity contribution >= 4 is 10.4 Å². The van der Waals surface area contributed by atoms with Crippen LogP contribution in [0.1, 0.15) is 45.4 Å². The molecule has 0 spiro atoms. The second kappa shape index (κ2) is 17.8. The molecule has 8 heteroatoms. The molecule has 0 aliphatic heterocycles. The first kappa shape index (κ1) is 23.9. The minimum absolute atomic E-state index is 0. The molecule has 0 aliphatic rings. The van der Waals surface area contributed by atoms with Crippen LogP contribution in [0, 0.1) is 6.92 Å². The summed E-state index contributed by atoms with van der Waals surface area (Å²) < 4.78 is 31.6. The van der Waals surface area contributed by atoms with Crippen molar-refractivity contribution < 1.29 is 56.9 Å². The zero-order valence-electron chi connectivity index (χ0n) is 11.3. The van der Waals surface area contributed by atoms with E-state index in [1.165, 1.54) is 32.1 Å². The Morgan fingerprint density at radius 2 is 1.44 bits per heavy atom. The standard InChI is InChI=1S/C10H21O2.Na.H2O4S/c1-3-5-6-7-8-9-10-12-11-4-2;;1-5(2,3)4/h2-10H2,1H3;;(H2,1,2,3,4)/q-1;+1;. The van der Waals surface area contributed by atoms with Crippen LogP contribution in [0.5, 0.6) is 0 Å². The van der Waals surface area contributed by atoms with Crippen molar-refractivity contribution in [3.8, 4) is 0 Å². The summed E-state index contributed by atoms with van der Waals surface area (Å²) in [6.45, 7) is 6.83. The van der Waals surface area contributed by atoms with E-state index in [2.05, 4.69) is 18.7 Å². The van der Waals surface area contributed by atoms with Gasteiger partial charge in [-0.2, -0.15) is 8.42 Å². The first-order valence-corrected chi connectivity index (χ1v) is 7.05. The predicted molar refractivity (Wildman–Crippen MR) is 64.8 cm³/mol. The SMILES string of the molecule is O=S(=O)(O)O.[CH2-]COOCCCCCCCC.[Na+]. The maximum Gasteiger partial charge on any atom is 1.00 e. The van der Waals surface area contributed by atoms with E-state index >= 15 is 0 Å². The molecule has 0 aromatic carbocycles. The van der Waals surface area contributed by atoms with Crippen LogP contribution in [0.4, 0.5) is 0 Å². The molecule has 0 saturated heterocycles. The molecule has 0 aliphatic carbocycles. The fourth-order valence-electron chi connectivity index (χ4n) is 1.06. The Morgan fingerprint density at radius 3 is 1.89 bits per heavy atom. The largest absolute Gasteiger partial charge is 1.00 e. The third-order valence-electron chi connectivity index (χ3n) is 1.75. The predicted octanol–water partition coefficient (Wildman–Crippen LogP) is -0.520. The summed E-state index contributed by atoms with van der Waals surface area (Å²) in [5.41, 5.74) is 0. The van der Waals surface area contributed by atoms with E-state index in [9.17, 15) is 0 Å². The fraction of sp³-hybridized carbons (Fsp3) is 0.900. The summed E-state index contributed by atoms with van der Waals surface area (Å²) in [6.07, 6.45) is 7.69. The van der Waals surface area contributed by atoms with Crippen molar-refractivity contribution in [1.29, 1.82) is 0 Å². The molecule has 0 aromatic heterocycles. The summed E-state index contributed by atoms with van der Waals surface area (Å²) in [5.74, 6) is 0. The number of rotatable bonds is 9. The van der Waals surface area contributed by atoms with Gasteiger partial charge in [-0.05, 0) is 13.0 Å². The van der Waals surface area contributed by atoms with Gasteiger partial charge in [-0.3, -0.25) is 14.0 Å².